The van der Waals surface area contributed by atoms with E-state index >= 15 is 0 Å². The van der Waals surface area contributed by atoms with Gasteiger partial charge in [-0.15, -0.1) is 11.3 Å². The molecule has 5 unspecified atom stereocenters. The summed E-state index contributed by atoms with van der Waals surface area (Å²) in [6.07, 6.45) is 4.64. The fourth-order valence-corrected chi connectivity index (χ4v) is 7.20. The van der Waals surface area contributed by atoms with E-state index < -0.39 is 11.5 Å². The molecule has 0 bridgehead atoms. The van der Waals surface area contributed by atoms with E-state index in [4.69, 9.17) is 9.72 Å². The number of nitrogens with zero attached hydrogens (tertiary/aromatic N) is 1. The lowest BCUT2D eigenvalue weighted by Gasteiger charge is -2.58. The summed E-state index contributed by atoms with van der Waals surface area (Å²) >= 11 is 1.48. The number of amides is 2. The quantitative estimate of drug-likeness (QED) is 0.425. The first-order valence-electron chi connectivity index (χ1n) is 12.1. The van der Waals surface area contributed by atoms with Crippen LogP contribution in [0.5, 0.6) is 0 Å². The standard InChI is InChI=1S/C24H37N3O5S/c1-23-8-7-18(29)24(2,13-28)17(23)12-16-20(15(23)11-19(30)25-9-10-32-3)26-22(33-16)27-21(31)14-5-4-6-14/h14-15,17-18,28-29H,4-13H2,1-3H3,(H,25,30)(H,26,27,31). The van der Waals surface area contributed by atoms with Crippen molar-refractivity contribution < 1.29 is 24.5 Å². The number of anilines is 1. The molecular formula is C24H37N3O5S. The molecule has 1 aromatic heterocycles. The van der Waals surface area contributed by atoms with Gasteiger partial charge in [-0.3, -0.25) is 9.59 Å². The number of hydrogen-bond donors (Lipinski definition) is 4. The van der Waals surface area contributed by atoms with Crippen LogP contribution in [-0.2, 0) is 20.7 Å². The van der Waals surface area contributed by atoms with Gasteiger partial charge in [0.25, 0.3) is 0 Å². The molecule has 0 radical (unpaired) electrons. The van der Waals surface area contributed by atoms with E-state index in [-0.39, 0.29) is 48.0 Å². The fourth-order valence-electron chi connectivity index (χ4n) is 6.13. The number of aliphatic hydroxyl groups is 2. The molecule has 0 saturated heterocycles. The van der Waals surface area contributed by atoms with Crippen LogP contribution in [0.4, 0.5) is 5.13 Å². The van der Waals surface area contributed by atoms with Crippen LogP contribution in [0.3, 0.4) is 0 Å². The van der Waals surface area contributed by atoms with Gasteiger partial charge in [0, 0.05) is 42.2 Å². The number of fused-ring (bicyclic) bond motifs is 2. The summed E-state index contributed by atoms with van der Waals surface area (Å²) in [6, 6.07) is 0. The van der Waals surface area contributed by atoms with Gasteiger partial charge < -0.3 is 25.6 Å². The zero-order valence-electron chi connectivity index (χ0n) is 19.9. The summed E-state index contributed by atoms with van der Waals surface area (Å²) in [5.74, 6) is -0.118. The summed E-state index contributed by atoms with van der Waals surface area (Å²) in [7, 11) is 1.60. The first kappa shape index (κ1) is 24.6. The lowest BCUT2D eigenvalue weighted by Crippen LogP contribution is -2.57. The number of aliphatic hydroxyl groups excluding tert-OH is 2. The molecule has 2 fully saturated rings. The van der Waals surface area contributed by atoms with Crippen LogP contribution < -0.4 is 10.6 Å². The molecule has 33 heavy (non-hydrogen) atoms. The largest absolute Gasteiger partial charge is 0.396 e. The Kier molecular flexibility index (Phi) is 7.15. The van der Waals surface area contributed by atoms with Gasteiger partial charge in [0.1, 0.15) is 0 Å². The van der Waals surface area contributed by atoms with Gasteiger partial charge >= 0.3 is 0 Å². The fraction of sp³-hybridized carbons (Fsp3) is 0.792. The normalized spacial score (nSPS) is 33.5. The smallest absolute Gasteiger partial charge is 0.229 e. The van der Waals surface area contributed by atoms with Gasteiger partial charge in [-0.2, -0.15) is 0 Å². The highest BCUT2D eigenvalue weighted by Crippen LogP contribution is 2.62. The molecule has 0 spiro atoms. The molecule has 184 valence electrons. The molecule has 1 aromatic rings. The predicted molar refractivity (Wildman–Crippen MR) is 126 cm³/mol. The summed E-state index contributed by atoms with van der Waals surface area (Å²) in [4.78, 5) is 31.3. The maximum absolute atomic E-state index is 12.9. The summed E-state index contributed by atoms with van der Waals surface area (Å²) in [6.45, 7) is 4.92. The molecular weight excluding hydrogens is 442 g/mol. The second kappa shape index (κ2) is 9.60. The van der Waals surface area contributed by atoms with Crippen molar-refractivity contribution >= 4 is 28.3 Å². The minimum absolute atomic E-state index is 0.00124. The van der Waals surface area contributed by atoms with Crippen molar-refractivity contribution in [3.63, 3.8) is 0 Å². The Labute approximate surface area is 199 Å². The monoisotopic (exact) mass is 479 g/mol. The van der Waals surface area contributed by atoms with Crippen LogP contribution in [0, 0.1) is 22.7 Å². The Morgan fingerprint density at radius 3 is 2.67 bits per heavy atom. The van der Waals surface area contributed by atoms with Gasteiger partial charge in [-0.1, -0.05) is 20.3 Å². The second-order valence-electron chi connectivity index (χ2n) is 10.5. The molecule has 4 N–H and O–H groups in total. The zero-order valence-corrected chi connectivity index (χ0v) is 20.7. The third kappa shape index (κ3) is 4.45. The summed E-state index contributed by atoms with van der Waals surface area (Å²) in [5.41, 5.74) is -0.0679. The number of carbonyl (C=O) groups is 2. The third-order valence-electron chi connectivity index (χ3n) is 8.62. The van der Waals surface area contributed by atoms with Gasteiger partial charge in [-0.25, -0.2) is 4.98 Å². The van der Waals surface area contributed by atoms with Gasteiger partial charge in [-0.05, 0) is 43.4 Å². The van der Waals surface area contributed by atoms with Crippen LogP contribution in [0.15, 0.2) is 0 Å². The number of thiazole rings is 1. The van der Waals surface area contributed by atoms with Crippen molar-refractivity contribution in [2.45, 2.75) is 70.8 Å². The van der Waals surface area contributed by atoms with Crippen molar-refractivity contribution in [1.29, 1.82) is 0 Å². The van der Waals surface area contributed by atoms with Gasteiger partial charge in [0.15, 0.2) is 5.13 Å². The first-order valence-corrected chi connectivity index (χ1v) is 12.9. The van der Waals surface area contributed by atoms with E-state index in [2.05, 4.69) is 17.6 Å². The molecule has 3 aliphatic carbocycles. The third-order valence-corrected chi connectivity index (χ3v) is 9.63. The van der Waals surface area contributed by atoms with E-state index in [1.807, 2.05) is 6.92 Å². The number of nitrogens with one attached hydrogen (secondary N) is 2. The summed E-state index contributed by atoms with van der Waals surface area (Å²) < 4.78 is 5.05. The molecule has 9 heteroatoms. The highest BCUT2D eigenvalue weighted by Gasteiger charge is 2.59. The Balaban J connectivity index is 1.66. The van der Waals surface area contributed by atoms with Crippen molar-refractivity contribution in [3.05, 3.63) is 10.6 Å². The van der Waals surface area contributed by atoms with Crippen LogP contribution in [0.25, 0.3) is 0 Å². The van der Waals surface area contributed by atoms with Crippen molar-refractivity contribution in [3.8, 4) is 0 Å². The molecule has 0 aromatic carbocycles. The van der Waals surface area contributed by atoms with Gasteiger partial charge in [0.2, 0.25) is 11.8 Å². The minimum atomic E-state index is -0.658. The lowest BCUT2D eigenvalue weighted by atomic mass is 9.47. The second-order valence-corrected chi connectivity index (χ2v) is 11.6. The molecule has 2 saturated carbocycles. The number of carbonyl (C=O) groups excluding carboxylic acids is 2. The Hall–Kier alpha value is -1.55. The van der Waals surface area contributed by atoms with Crippen LogP contribution in [-0.4, -0.2) is 60.0 Å². The van der Waals surface area contributed by atoms with Crippen molar-refractivity contribution in [2.75, 3.05) is 32.2 Å². The topological polar surface area (TPSA) is 121 Å². The number of aromatic nitrogens is 1. The SMILES string of the molecule is COCCNC(=O)CC1c2nc(NC(=O)C3CCC3)sc2CC2C(C)(CO)C(O)CCC12C. The highest BCUT2D eigenvalue weighted by molar-refractivity contribution is 7.15. The average molecular weight is 480 g/mol. The van der Waals surface area contributed by atoms with Crippen LogP contribution in [0.1, 0.15) is 68.9 Å². The van der Waals surface area contributed by atoms with Crippen LogP contribution in [0.2, 0.25) is 0 Å². The van der Waals surface area contributed by atoms with E-state index in [1.165, 1.54) is 11.3 Å². The Morgan fingerprint density at radius 1 is 1.27 bits per heavy atom. The molecule has 5 atom stereocenters. The molecule has 8 nitrogen and oxygen atoms in total. The lowest BCUT2D eigenvalue weighted by molar-refractivity contribution is -0.144. The highest BCUT2D eigenvalue weighted by atomic mass is 32.1. The van der Waals surface area contributed by atoms with Crippen molar-refractivity contribution in [2.24, 2.45) is 22.7 Å². The number of methoxy groups -OCH3 is 1. The van der Waals surface area contributed by atoms with Crippen LogP contribution >= 0.6 is 11.3 Å². The van der Waals surface area contributed by atoms with Gasteiger partial charge in [0.05, 0.1) is 25.0 Å². The summed E-state index contributed by atoms with van der Waals surface area (Å²) in [5, 5.41) is 27.7. The first-order chi connectivity index (χ1) is 15.7. The van der Waals surface area contributed by atoms with E-state index in [0.717, 1.165) is 36.3 Å². The predicted octanol–water partition coefficient (Wildman–Crippen LogP) is 2.45. The Bertz CT molecular complexity index is 887. The molecule has 4 rings (SSSR count). The van der Waals surface area contributed by atoms with E-state index in [9.17, 15) is 19.8 Å². The zero-order chi connectivity index (χ0) is 23.8. The maximum atomic E-state index is 12.9. The number of ether oxygens (including phenoxy) is 1. The molecule has 2 amide bonds. The number of hydrogen-bond acceptors (Lipinski definition) is 7. The average Bonchev–Trinajstić information content (AvgIpc) is 3.13. The Morgan fingerprint density at radius 2 is 2.03 bits per heavy atom. The molecule has 3 aliphatic rings. The van der Waals surface area contributed by atoms with Crippen molar-refractivity contribution in [1.82, 2.24) is 10.3 Å². The number of rotatable bonds is 8. The molecule has 1 heterocycles. The minimum Gasteiger partial charge on any atom is -0.396 e. The van der Waals surface area contributed by atoms with E-state index in [1.54, 1.807) is 7.11 Å². The maximum Gasteiger partial charge on any atom is 0.229 e. The van der Waals surface area contributed by atoms with E-state index in [0.29, 0.717) is 31.1 Å². The molecule has 0 aliphatic heterocycles.